The van der Waals surface area contributed by atoms with E-state index in [1.165, 1.54) is 0 Å². The molecule has 0 fully saturated rings. The molecule has 6 heteroatoms. The van der Waals surface area contributed by atoms with E-state index in [1.807, 2.05) is 0 Å². The van der Waals surface area contributed by atoms with Crippen molar-refractivity contribution in [3.8, 4) is 0 Å². The molecule has 0 saturated carbocycles. The van der Waals surface area contributed by atoms with E-state index in [2.05, 4.69) is 0 Å². The monoisotopic (exact) mass is 325 g/mol. The van der Waals surface area contributed by atoms with Crippen LogP contribution in [0.15, 0.2) is 0 Å². The molecular weight excluding hydrogens is 323 g/mol. The number of hydrogen-bond donors (Lipinski definition) is 2. The molecule has 0 saturated heterocycles. The molecule has 0 aliphatic rings. The molecule has 0 aromatic rings. The van der Waals surface area contributed by atoms with Crippen molar-refractivity contribution >= 4 is 18.0 Å². The minimum absolute atomic E-state index is 0. The van der Waals surface area contributed by atoms with Crippen molar-refractivity contribution in [3.05, 3.63) is 0 Å². The molecule has 0 unspecified atom stereocenters. The number of rotatable bonds is 0. The first kappa shape index (κ1) is 9.90. The Hall–Kier alpha value is 0.767. The fourth-order valence-corrected chi connectivity index (χ4v) is 0. The Balaban J connectivity index is 0. The average Bonchev–Trinajstić information content (AvgIpc) is 0.722. The van der Waals surface area contributed by atoms with E-state index in [0.29, 0.717) is 0 Å². The van der Waals surface area contributed by atoms with E-state index < -0.39 is 16.7 Å². The van der Waals surface area contributed by atoms with E-state index in [1.54, 1.807) is 0 Å². The van der Waals surface area contributed by atoms with Gasteiger partial charge in [0, 0.05) is 18.0 Å². The van der Waals surface area contributed by atoms with Crippen LogP contribution in [0.2, 0.25) is 0 Å². The molecular formula is H2AsO4W. The molecule has 37 valence electrons. The van der Waals surface area contributed by atoms with Gasteiger partial charge < -0.3 is 0 Å². The van der Waals surface area contributed by atoms with E-state index in [4.69, 9.17) is 14.3 Å². The molecule has 2 N–H and O–H groups in total. The Labute approximate surface area is 49.2 Å². The SMILES string of the molecule is [As].[O]=[W](=[O])([OH])[OH]. The van der Waals surface area contributed by atoms with E-state index in [9.17, 15) is 0 Å². The van der Waals surface area contributed by atoms with Crippen LogP contribution in [0.4, 0.5) is 0 Å². The minimum atomic E-state index is -5.67. The van der Waals surface area contributed by atoms with Gasteiger partial charge in [0.15, 0.2) is 0 Å². The quantitative estimate of drug-likeness (QED) is 0.519. The molecule has 3 radical (unpaired) electrons. The third kappa shape index (κ3) is 115. The van der Waals surface area contributed by atoms with E-state index in [-0.39, 0.29) is 18.0 Å². The molecule has 0 spiro atoms. The average molecular weight is 325 g/mol. The third-order valence-electron chi connectivity index (χ3n) is 0. The second-order valence-electron chi connectivity index (χ2n) is 0.448. The van der Waals surface area contributed by atoms with Crippen LogP contribution in [0.25, 0.3) is 0 Å². The molecule has 0 aromatic carbocycles. The Bertz CT molecular complexity index is 90.7. The normalized spacial score (nSPS) is 9.67. The third-order valence-corrected chi connectivity index (χ3v) is 0. The van der Waals surface area contributed by atoms with Crippen LogP contribution < -0.4 is 0 Å². The zero-order chi connectivity index (χ0) is 4.50. The second-order valence-corrected chi connectivity index (χ2v) is 3.67. The maximum absolute atomic E-state index is 8.87. The Morgan fingerprint density at radius 2 is 1.17 bits per heavy atom. The van der Waals surface area contributed by atoms with Gasteiger partial charge in [0.25, 0.3) is 0 Å². The Morgan fingerprint density at radius 1 is 1.17 bits per heavy atom. The van der Waals surface area contributed by atoms with Crippen molar-refractivity contribution in [1.29, 1.82) is 0 Å². The summed E-state index contributed by atoms with van der Waals surface area (Å²) >= 11 is -5.67. The van der Waals surface area contributed by atoms with Gasteiger partial charge in [-0.2, -0.15) is 0 Å². The molecule has 0 aliphatic carbocycles. The van der Waals surface area contributed by atoms with Gasteiger partial charge in [0.1, 0.15) is 0 Å². The molecule has 6 heavy (non-hydrogen) atoms. The fourth-order valence-electron chi connectivity index (χ4n) is 0. The Morgan fingerprint density at radius 3 is 1.17 bits per heavy atom. The molecule has 0 rings (SSSR count). The molecule has 4 nitrogen and oxygen atoms in total. The van der Waals surface area contributed by atoms with Gasteiger partial charge in [-0.05, 0) is 0 Å². The second kappa shape index (κ2) is 2.86. The zero-order valence-corrected chi connectivity index (χ0v) is 7.38. The summed E-state index contributed by atoms with van der Waals surface area (Å²) in [5.74, 6) is 0. The predicted molar refractivity (Wildman–Crippen MR) is 11.6 cm³/mol. The predicted octanol–water partition coefficient (Wildman–Crippen LogP) is -1.73. The van der Waals surface area contributed by atoms with Gasteiger partial charge in [-0.3, -0.25) is 0 Å². The maximum atomic E-state index is 8.87. The van der Waals surface area contributed by atoms with Gasteiger partial charge in [-0.1, -0.05) is 0 Å². The van der Waals surface area contributed by atoms with Crippen molar-refractivity contribution in [2.75, 3.05) is 0 Å². The van der Waals surface area contributed by atoms with Crippen molar-refractivity contribution in [3.63, 3.8) is 0 Å². The summed E-state index contributed by atoms with van der Waals surface area (Å²) in [7, 11) is 0. The van der Waals surface area contributed by atoms with E-state index in [0.717, 1.165) is 0 Å². The molecule has 0 bridgehead atoms. The first-order chi connectivity index (χ1) is 2.00. The summed E-state index contributed by atoms with van der Waals surface area (Å²) in [6.07, 6.45) is 0. The topological polar surface area (TPSA) is 74.6 Å². The van der Waals surface area contributed by atoms with Crippen LogP contribution in [0.1, 0.15) is 0 Å². The molecule has 0 aliphatic heterocycles. The van der Waals surface area contributed by atoms with E-state index >= 15 is 0 Å². The van der Waals surface area contributed by atoms with Crippen LogP contribution in [0.5, 0.6) is 0 Å². The van der Waals surface area contributed by atoms with Crippen molar-refractivity contribution in [1.82, 2.24) is 0 Å². The molecule has 0 amide bonds. The van der Waals surface area contributed by atoms with Gasteiger partial charge in [-0.25, -0.2) is 0 Å². The molecule has 0 heterocycles. The van der Waals surface area contributed by atoms with Crippen LogP contribution >= 0.6 is 0 Å². The summed E-state index contributed by atoms with van der Waals surface area (Å²) in [4.78, 5) is 0. The van der Waals surface area contributed by atoms with Crippen LogP contribution in [-0.2, 0) is 23.5 Å². The summed E-state index contributed by atoms with van der Waals surface area (Å²) in [6, 6.07) is 0. The van der Waals surface area contributed by atoms with Gasteiger partial charge >= 0.3 is 31.1 Å². The number of hydrogen-bond acceptors (Lipinski definition) is 2. The zero-order valence-electron chi connectivity index (χ0n) is 2.57. The summed E-state index contributed by atoms with van der Waals surface area (Å²) in [5.41, 5.74) is 0. The fraction of sp³-hybridized carbons (Fsp3) is 0. The van der Waals surface area contributed by atoms with Crippen LogP contribution in [0, 0.1) is 0 Å². The summed E-state index contributed by atoms with van der Waals surface area (Å²) in [6.45, 7) is 0. The summed E-state index contributed by atoms with van der Waals surface area (Å²) in [5, 5.41) is 0. The van der Waals surface area contributed by atoms with Crippen LogP contribution in [0.3, 0.4) is 0 Å². The Kier molecular flexibility index (Phi) is 4.72. The van der Waals surface area contributed by atoms with Crippen molar-refractivity contribution in [2.24, 2.45) is 0 Å². The first-order valence-corrected chi connectivity index (χ1v) is 5.72. The van der Waals surface area contributed by atoms with Gasteiger partial charge in [-0.15, -0.1) is 0 Å². The van der Waals surface area contributed by atoms with Gasteiger partial charge in [0.2, 0.25) is 0 Å². The molecule has 0 atom stereocenters. The van der Waals surface area contributed by atoms with Crippen LogP contribution in [-0.4, -0.2) is 25.5 Å². The standard InChI is InChI=1S/As.2H2O.2O.W/h;2*1H2;;;/q;;;;;+2/p-2. The van der Waals surface area contributed by atoms with Crippen molar-refractivity contribution in [2.45, 2.75) is 0 Å². The van der Waals surface area contributed by atoms with Gasteiger partial charge in [0.05, 0.1) is 0 Å². The first-order valence-electron chi connectivity index (χ1n) is 0.698. The molecule has 0 aromatic heterocycles. The summed E-state index contributed by atoms with van der Waals surface area (Å²) < 4.78 is 32.1. The van der Waals surface area contributed by atoms with Crippen molar-refractivity contribution < 1.29 is 31.1 Å².